The molecule has 2 amide bonds. The third-order valence-corrected chi connectivity index (χ3v) is 4.98. The monoisotopic (exact) mass is 365 g/mol. The molecule has 2 heterocycles. The molecule has 0 aliphatic carbocycles. The highest BCUT2D eigenvalue weighted by molar-refractivity contribution is 5.95. The van der Waals surface area contributed by atoms with Crippen molar-refractivity contribution in [2.45, 2.75) is 26.7 Å². The van der Waals surface area contributed by atoms with Crippen LogP contribution in [0.5, 0.6) is 0 Å². The zero-order valence-corrected chi connectivity index (χ0v) is 15.8. The number of hydrogen-bond donors (Lipinski definition) is 2. The van der Waals surface area contributed by atoms with E-state index in [1.165, 1.54) is 0 Å². The van der Waals surface area contributed by atoms with Crippen molar-refractivity contribution in [2.75, 3.05) is 32.7 Å². The van der Waals surface area contributed by atoms with Crippen molar-refractivity contribution in [2.24, 2.45) is 11.8 Å². The zero-order chi connectivity index (χ0) is 17.1. The number of likely N-dealkylation sites (tertiary alicyclic amines) is 1. The molecule has 1 aromatic rings. The Morgan fingerprint density at radius 3 is 2.48 bits per heavy atom. The van der Waals surface area contributed by atoms with Crippen LogP contribution in [0.1, 0.15) is 34.3 Å². The first kappa shape index (κ1) is 19.7. The Morgan fingerprint density at radius 2 is 1.88 bits per heavy atom. The molecule has 5 nitrogen and oxygen atoms in total. The molecule has 0 spiro atoms. The van der Waals surface area contributed by atoms with E-state index in [2.05, 4.69) is 16.7 Å². The van der Waals surface area contributed by atoms with Gasteiger partial charge < -0.3 is 15.5 Å². The number of rotatable bonds is 4. The van der Waals surface area contributed by atoms with Gasteiger partial charge in [0.2, 0.25) is 5.91 Å². The van der Waals surface area contributed by atoms with E-state index in [1.54, 1.807) is 0 Å². The molecule has 0 aromatic heterocycles. The minimum absolute atomic E-state index is 0. The highest BCUT2D eigenvalue weighted by atomic mass is 35.5. The number of hydrogen-bond acceptors (Lipinski definition) is 3. The molecule has 0 saturated carbocycles. The van der Waals surface area contributed by atoms with Crippen LogP contribution >= 0.6 is 12.4 Å². The summed E-state index contributed by atoms with van der Waals surface area (Å²) < 4.78 is 0. The summed E-state index contributed by atoms with van der Waals surface area (Å²) in [6, 6.07) is 5.93. The van der Waals surface area contributed by atoms with Crippen LogP contribution in [0.2, 0.25) is 0 Å². The summed E-state index contributed by atoms with van der Waals surface area (Å²) in [5.74, 6) is 0.620. The van der Waals surface area contributed by atoms with Crippen LogP contribution < -0.4 is 10.6 Å². The van der Waals surface area contributed by atoms with E-state index in [-0.39, 0.29) is 30.1 Å². The van der Waals surface area contributed by atoms with Gasteiger partial charge in [-0.25, -0.2) is 0 Å². The summed E-state index contributed by atoms with van der Waals surface area (Å²) in [6.45, 7) is 8.00. The first-order valence-electron chi connectivity index (χ1n) is 8.89. The van der Waals surface area contributed by atoms with E-state index < -0.39 is 0 Å². The van der Waals surface area contributed by atoms with Crippen molar-refractivity contribution >= 4 is 24.2 Å². The number of halogens is 1. The van der Waals surface area contributed by atoms with Gasteiger partial charge in [0.1, 0.15) is 0 Å². The molecule has 0 bridgehead atoms. The number of piperidine rings is 1. The molecular formula is C19H28ClN3O2. The Labute approximate surface area is 155 Å². The molecule has 1 atom stereocenters. The van der Waals surface area contributed by atoms with Gasteiger partial charge in [-0.2, -0.15) is 0 Å². The quantitative estimate of drug-likeness (QED) is 0.856. The third-order valence-electron chi connectivity index (χ3n) is 4.98. The lowest BCUT2D eigenvalue weighted by molar-refractivity contribution is -0.126. The summed E-state index contributed by atoms with van der Waals surface area (Å²) in [6.07, 6.45) is 1.75. The van der Waals surface area contributed by atoms with E-state index in [1.807, 2.05) is 30.9 Å². The maximum Gasteiger partial charge on any atom is 0.253 e. The minimum atomic E-state index is -0.0818. The van der Waals surface area contributed by atoms with E-state index in [4.69, 9.17) is 0 Å². The van der Waals surface area contributed by atoms with Crippen LogP contribution in [0.25, 0.3) is 0 Å². The molecular weight excluding hydrogens is 338 g/mol. The highest BCUT2D eigenvalue weighted by Gasteiger charge is 2.29. The van der Waals surface area contributed by atoms with Crippen molar-refractivity contribution < 1.29 is 9.59 Å². The van der Waals surface area contributed by atoms with Crippen LogP contribution in [-0.2, 0) is 4.79 Å². The normalized spacial score (nSPS) is 20.4. The fraction of sp³-hybridized carbons (Fsp3) is 0.579. The second-order valence-corrected chi connectivity index (χ2v) is 7.24. The first-order chi connectivity index (χ1) is 11.5. The average molecular weight is 366 g/mol. The highest BCUT2D eigenvalue weighted by Crippen LogP contribution is 2.20. The Balaban J connectivity index is 0.00000225. The summed E-state index contributed by atoms with van der Waals surface area (Å²) in [4.78, 5) is 27.0. The molecule has 25 heavy (non-hydrogen) atoms. The van der Waals surface area contributed by atoms with E-state index in [9.17, 15) is 9.59 Å². The molecule has 2 aliphatic heterocycles. The third kappa shape index (κ3) is 4.95. The van der Waals surface area contributed by atoms with Gasteiger partial charge in [-0.1, -0.05) is 17.2 Å². The molecule has 2 fully saturated rings. The Kier molecular flexibility index (Phi) is 6.85. The fourth-order valence-electron chi connectivity index (χ4n) is 3.54. The summed E-state index contributed by atoms with van der Waals surface area (Å²) in [5, 5.41) is 6.26. The number of carbonyl (C=O) groups is 2. The van der Waals surface area contributed by atoms with E-state index >= 15 is 0 Å². The van der Waals surface area contributed by atoms with Gasteiger partial charge in [0.25, 0.3) is 5.91 Å². The largest absolute Gasteiger partial charge is 0.355 e. The Hall–Kier alpha value is -1.59. The van der Waals surface area contributed by atoms with Crippen molar-refractivity contribution in [3.8, 4) is 0 Å². The second kappa shape index (κ2) is 8.68. The van der Waals surface area contributed by atoms with Crippen LogP contribution in [0.3, 0.4) is 0 Å². The number of aryl methyl sites for hydroxylation is 2. The summed E-state index contributed by atoms with van der Waals surface area (Å²) in [7, 11) is 0. The molecule has 2 saturated heterocycles. The van der Waals surface area contributed by atoms with Crippen molar-refractivity contribution in [1.82, 2.24) is 15.5 Å². The standard InChI is InChI=1S/C19H27N3O2.ClH/c1-13-6-14(2)8-17(7-13)19(24)22-5-3-4-16(12-22)18(23)21-11-15-9-20-10-15;/h6-8,15-16,20H,3-5,9-12H2,1-2H3,(H,21,23);1H. The lowest BCUT2D eigenvalue weighted by Gasteiger charge is -2.33. The molecule has 1 unspecified atom stereocenters. The zero-order valence-electron chi connectivity index (χ0n) is 15.0. The number of nitrogens with zero attached hydrogens (tertiary/aromatic N) is 1. The molecule has 6 heteroatoms. The predicted octanol–water partition coefficient (Wildman–Crippen LogP) is 1.91. The Morgan fingerprint density at radius 1 is 1.20 bits per heavy atom. The molecule has 2 aliphatic rings. The lowest BCUT2D eigenvalue weighted by atomic mass is 9.95. The van der Waals surface area contributed by atoms with Crippen LogP contribution in [0.4, 0.5) is 0 Å². The number of nitrogens with one attached hydrogen (secondary N) is 2. The molecule has 1 aromatic carbocycles. The molecule has 2 N–H and O–H groups in total. The summed E-state index contributed by atoms with van der Waals surface area (Å²) >= 11 is 0. The van der Waals surface area contributed by atoms with E-state index in [0.29, 0.717) is 12.5 Å². The van der Waals surface area contributed by atoms with Crippen molar-refractivity contribution in [3.05, 3.63) is 34.9 Å². The molecule has 138 valence electrons. The van der Waals surface area contributed by atoms with Crippen molar-refractivity contribution in [3.63, 3.8) is 0 Å². The minimum Gasteiger partial charge on any atom is -0.355 e. The summed E-state index contributed by atoms with van der Waals surface area (Å²) in [5.41, 5.74) is 2.92. The van der Waals surface area contributed by atoms with Gasteiger partial charge in [0, 0.05) is 44.2 Å². The van der Waals surface area contributed by atoms with Gasteiger partial charge >= 0.3 is 0 Å². The average Bonchev–Trinajstić information content (AvgIpc) is 2.51. The maximum absolute atomic E-state index is 12.8. The van der Waals surface area contributed by atoms with Gasteiger partial charge in [-0.3, -0.25) is 9.59 Å². The number of carbonyl (C=O) groups excluding carboxylic acids is 2. The Bertz CT molecular complexity index is 611. The van der Waals surface area contributed by atoms with Gasteiger partial charge in [0.05, 0.1) is 5.92 Å². The van der Waals surface area contributed by atoms with Gasteiger partial charge in [-0.15, -0.1) is 12.4 Å². The number of amides is 2. The molecule has 3 rings (SSSR count). The van der Waals surface area contributed by atoms with Crippen molar-refractivity contribution in [1.29, 1.82) is 0 Å². The smallest absolute Gasteiger partial charge is 0.253 e. The SMILES string of the molecule is Cc1cc(C)cc(C(=O)N2CCCC(C(=O)NCC3CNC3)C2)c1.Cl. The first-order valence-corrected chi connectivity index (χ1v) is 8.89. The maximum atomic E-state index is 12.8. The predicted molar refractivity (Wildman–Crippen MR) is 101 cm³/mol. The second-order valence-electron chi connectivity index (χ2n) is 7.24. The van der Waals surface area contributed by atoms with Crippen LogP contribution in [0.15, 0.2) is 18.2 Å². The van der Waals surface area contributed by atoms with Crippen LogP contribution in [-0.4, -0.2) is 49.4 Å². The fourth-order valence-corrected chi connectivity index (χ4v) is 3.54. The van der Waals surface area contributed by atoms with E-state index in [0.717, 1.165) is 55.7 Å². The number of benzene rings is 1. The lowest BCUT2D eigenvalue weighted by Crippen LogP contribution is -2.50. The molecule has 0 radical (unpaired) electrons. The van der Waals surface area contributed by atoms with Gasteiger partial charge in [-0.05, 0) is 38.8 Å². The topological polar surface area (TPSA) is 61.4 Å². The van der Waals surface area contributed by atoms with Crippen LogP contribution in [0, 0.1) is 25.7 Å². The van der Waals surface area contributed by atoms with Gasteiger partial charge in [0.15, 0.2) is 0 Å².